The molecule has 2 rings (SSSR count). The third kappa shape index (κ3) is 6.43. The van der Waals surface area contributed by atoms with Crippen LogP contribution in [0.3, 0.4) is 0 Å². The molecular weight excluding hydrogens is 401 g/mol. The number of benzene rings is 2. The lowest BCUT2D eigenvalue weighted by Crippen LogP contribution is -2.34. The standard InChI is InChI=1S/C21H23Cl2NO4/c1-21(2,3)14-6-4-13(5-7-14)17(11-20(26)27)24-19(25)12-28-18-9-8-15(22)10-16(18)23/h4-10,17H,11-12H2,1-3H3,(H,24,25)(H,26,27). The SMILES string of the molecule is CC(C)(C)c1ccc(C(CC(=O)O)NC(=O)COc2ccc(Cl)cc2Cl)cc1. The van der Waals surface area contributed by atoms with E-state index in [1.165, 1.54) is 6.07 Å². The molecule has 0 spiro atoms. The molecule has 0 saturated carbocycles. The molecule has 0 bridgehead atoms. The lowest BCUT2D eigenvalue weighted by atomic mass is 9.86. The molecule has 0 aliphatic carbocycles. The van der Waals surface area contributed by atoms with Crippen LogP contribution in [0, 0.1) is 0 Å². The number of halogens is 2. The van der Waals surface area contributed by atoms with Crippen LogP contribution in [0.4, 0.5) is 0 Å². The number of nitrogens with one attached hydrogen (secondary N) is 1. The van der Waals surface area contributed by atoms with Crippen LogP contribution >= 0.6 is 23.2 Å². The monoisotopic (exact) mass is 423 g/mol. The lowest BCUT2D eigenvalue weighted by Gasteiger charge is -2.22. The molecule has 0 aromatic heterocycles. The molecular formula is C21H23Cl2NO4. The zero-order valence-corrected chi connectivity index (χ0v) is 17.5. The van der Waals surface area contributed by atoms with Crippen molar-refractivity contribution in [3.05, 3.63) is 63.6 Å². The van der Waals surface area contributed by atoms with Gasteiger partial charge in [0.05, 0.1) is 17.5 Å². The maximum absolute atomic E-state index is 12.3. The molecule has 28 heavy (non-hydrogen) atoms. The molecule has 0 aliphatic heterocycles. The summed E-state index contributed by atoms with van der Waals surface area (Å²) in [6.45, 7) is 5.99. The Kier molecular flexibility index (Phi) is 7.33. The fourth-order valence-electron chi connectivity index (χ4n) is 2.61. The largest absolute Gasteiger partial charge is 0.482 e. The van der Waals surface area contributed by atoms with Crippen molar-refractivity contribution in [1.82, 2.24) is 5.32 Å². The zero-order chi connectivity index (χ0) is 20.9. The average Bonchev–Trinajstić information content (AvgIpc) is 2.59. The highest BCUT2D eigenvalue weighted by Crippen LogP contribution is 2.28. The Morgan fingerprint density at radius 2 is 1.75 bits per heavy atom. The van der Waals surface area contributed by atoms with E-state index in [1.54, 1.807) is 12.1 Å². The third-order valence-electron chi connectivity index (χ3n) is 4.15. The first-order chi connectivity index (χ1) is 13.1. The van der Waals surface area contributed by atoms with E-state index < -0.39 is 17.9 Å². The van der Waals surface area contributed by atoms with Gasteiger partial charge >= 0.3 is 5.97 Å². The van der Waals surface area contributed by atoms with Crippen molar-refractivity contribution in [2.75, 3.05) is 6.61 Å². The van der Waals surface area contributed by atoms with Crippen molar-refractivity contribution < 1.29 is 19.4 Å². The number of amides is 1. The van der Waals surface area contributed by atoms with E-state index in [-0.39, 0.29) is 18.4 Å². The number of aliphatic carboxylic acids is 1. The quantitative estimate of drug-likeness (QED) is 0.656. The Labute approximate surface area is 174 Å². The summed E-state index contributed by atoms with van der Waals surface area (Å²) >= 11 is 11.8. The second-order valence-corrected chi connectivity index (χ2v) is 8.30. The van der Waals surface area contributed by atoms with Gasteiger partial charge in [-0.3, -0.25) is 9.59 Å². The average molecular weight is 424 g/mol. The summed E-state index contributed by atoms with van der Waals surface area (Å²) in [7, 11) is 0. The van der Waals surface area contributed by atoms with Crippen LogP contribution in [0.25, 0.3) is 0 Å². The van der Waals surface area contributed by atoms with Crippen LogP contribution in [0.1, 0.15) is 44.4 Å². The highest BCUT2D eigenvalue weighted by atomic mass is 35.5. The number of carbonyl (C=O) groups is 2. The van der Waals surface area contributed by atoms with E-state index >= 15 is 0 Å². The second-order valence-electron chi connectivity index (χ2n) is 7.45. The minimum Gasteiger partial charge on any atom is -0.482 e. The number of rotatable bonds is 7. The molecule has 5 nitrogen and oxygen atoms in total. The van der Waals surface area contributed by atoms with Crippen molar-refractivity contribution in [1.29, 1.82) is 0 Å². The number of ether oxygens (including phenoxy) is 1. The maximum Gasteiger partial charge on any atom is 0.305 e. The molecule has 0 radical (unpaired) electrons. The summed E-state index contributed by atoms with van der Waals surface area (Å²) in [4.78, 5) is 23.5. The smallest absolute Gasteiger partial charge is 0.305 e. The number of carboxylic acid groups (broad SMARTS) is 1. The van der Waals surface area contributed by atoms with Gasteiger partial charge in [0.2, 0.25) is 0 Å². The zero-order valence-electron chi connectivity index (χ0n) is 16.0. The first-order valence-electron chi connectivity index (χ1n) is 8.75. The molecule has 1 amide bonds. The topological polar surface area (TPSA) is 75.6 Å². The fraction of sp³-hybridized carbons (Fsp3) is 0.333. The number of hydrogen-bond acceptors (Lipinski definition) is 3. The van der Waals surface area contributed by atoms with Gasteiger partial charge in [-0.15, -0.1) is 0 Å². The molecule has 1 atom stereocenters. The molecule has 2 aromatic rings. The number of carboxylic acids is 1. The molecule has 0 heterocycles. The minimum absolute atomic E-state index is 0.0181. The second kappa shape index (κ2) is 9.30. The summed E-state index contributed by atoms with van der Waals surface area (Å²) in [5.41, 5.74) is 1.82. The van der Waals surface area contributed by atoms with Crippen molar-refractivity contribution in [3.8, 4) is 5.75 Å². The third-order valence-corrected chi connectivity index (χ3v) is 4.68. The van der Waals surface area contributed by atoms with Gasteiger partial charge in [-0.25, -0.2) is 0 Å². The van der Waals surface area contributed by atoms with Crippen LogP contribution in [0.2, 0.25) is 10.0 Å². The normalized spacial score (nSPS) is 12.3. The summed E-state index contributed by atoms with van der Waals surface area (Å²) in [5, 5.41) is 12.7. The first-order valence-corrected chi connectivity index (χ1v) is 9.51. The summed E-state index contributed by atoms with van der Waals surface area (Å²) < 4.78 is 5.41. The predicted molar refractivity (Wildman–Crippen MR) is 110 cm³/mol. The molecule has 0 fully saturated rings. The van der Waals surface area contributed by atoms with Crippen molar-refractivity contribution in [2.45, 2.75) is 38.6 Å². The Morgan fingerprint density at radius 3 is 2.29 bits per heavy atom. The van der Waals surface area contributed by atoms with Crippen LogP contribution < -0.4 is 10.1 Å². The highest BCUT2D eigenvalue weighted by Gasteiger charge is 2.20. The molecule has 2 N–H and O–H groups in total. The van der Waals surface area contributed by atoms with E-state index in [9.17, 15) is 14.7 Å². The summed E-state index contributed by atoms with van der Waals surface area (Å²) in [6.07, 6.45) is -0.234. The summed E-state index contributed by atoms with van der Waals surface area (Å²) in [5.74, 6) is -1.13. The first kappa shape index (κ1) is 22.1. The van der Waals surface area contributed by atoms with Crippen molar-refractivity contribution in [2.24, 2.45) is 0 Å². The molecule has 2 aromatic carbocycles. The maximum atomic E-state index is 12.3. The fourth-order valence-corrected chi connectivity index (χ4v) is 3.08. The van der Waals surface area contributed by atoms with E-state index in [2.05, 4.69) is 26.1 Å². The minimum atomic E-state index is -1.01. The van der Waals surface area contributed by atoms with E-state index in [0.29, 0.717) is 21.4 Å². The van der Waals surface area contributed by atoms with Gasteiger partial charge in [0.25, 0.3) is 5.91 Å². The van der Waals surface area contributed by atoms with Crippen molar-refractivity contribution in [3.63, 3.8) is 0 Å². The Hall–Kier alpha value is -2.24. The van der Waals surface area contributed by atoms with Gasteiger partial charge in [-0.2, -0.15) is 0 Å². The van der Waals surface area contributed by atoms with E-state index in [0.717, 1.165) is 5.56 Å². The molecule has 7 heteroatoms. The van der Waals surface area contributed by atoms with Gasteiger partial charge < -0.3 is 15.2 Å². The number of hydrogen-bond donors (Lipinski definition) is 2. The van der Waals surface area contributed by atoms with Gasteiger partial charge in [-0.05, 0) is 34.7 Å². The van der Waals surface area contributed by atoms with Gasteiger partial charge in [-0.1, -0.05) is 68.2 Å². The molecule has 1 unspecified atom stereocenters. The molecule has 0 saturated heterocycles. The predicted octanol–water partition coefficient (Wildman–Crippen LogP) is 5.00. The van der Waals surface area contributed by atoms with Crippen LogP contribution in [0.5, 0.6) is 5.75 Å². The van der Waals surface area contributed by atoms with Gasteiger partial charge in [0, 0.05) is 5.02 Å². The lowest BCUT2D eigenvalue weighted by molar-refractivity contribution is -0.137. The van der Waals surface area contributed by atoms with E-state index in [1.807, 2.05) is 24.3 Å². The number of carbonyl (C=O) groups excluding carboxylic acids is 1. The Balaban J connectivity index is 2.06. The Morgan fingerprint density at radius 1 is 1.11 bits per heavy atom. The molecule has 150 valence electrons. The van der Waals surface area contributed by atoms with Crippen LogP contribution in [0.15, 0.2) is 42.5 Å². The summed E-state index contributed by atoms with van der Waals surface area (Å²) in [6, 6.07) is 11.6. The van der Waals surface area contributed by atoms with E-state index in [4.69, 9.17) is 27.9 Å². The van der Waals surface area contributed by atoms with Crippen LogP contribution in [-0.4, -0.2) is 23.6 Å². The highest BCUT2D eigenvalue weighted by molar-refractivity contribution is 6.35. The van der Waals surface area contributed by atoms with Gasteiger partial charge in [0.1, 0.15) is 5.75 Å². The van der Waals surface area contributed by atoms with Crippen LogP contribution in [-0.2, 0) is 15.0 Å². The molecule has 0 aliphatic rings. The van der Waals surface area contributed by atoms with Gasteiger partial charge in [0.15, 0.2) is 6.61 Å². The van der Waals surface area contributed by atoms with Crippen molar-refractivity contribution >= 4 is 35.1 Å². The Bertz CT molecular complexity index is 844.